The third-order valence-electron chi connectivity index (χ3n) is 2.71. The van der Waals surface area contributed by atoms with Crippen LogP contribution in [0.15, 0.2) is 24.3 Å². The first kappa shape index (κ1) is 15.9. The number of amides is 1. The fourth-order valence-electron chi connectivity index (χ4n) is 1.63. The van der Waals surface area contributed by atoms with Gasteiger partial charge in [-0.1, -0.05) is 24.3 Å². The molecule has 0 fully saturated rings. The maximum Gasteiger partial charge on any atom is 0.239 e. The zero-order chi connectivity index (χ0) is 12.1. The Hall–Kier alpha value is -1.06. The third-order valence-corrected chi connectivity index (χ3v) is 2.71. The summed E-state index contributed by atoms with van der Waals surface area (Å²) in [6.07, 6.45) is 0. The summed E-state index contributed by atoms with van der Waals surface area (Å²) in [5.74, 6) is 0.00533. The summed E-state index contributed by atoms with van der Waals surface area (Å²) in [6.45, 7) is 7.08. The van der Waals surface area contributed by atoms with E-state index in [2.05, 4.69) is 13.0 Å². The average molecular weight is 257 g/mol. The highest BCUT2D eigenvalue weighted by Gasteiger charge is 2.16. The smallest absolute Gasteiger partial charge is 0.239 e. The van der Waals surface area contributed by atoms with Gasteiger partial charge in [-0.25, -0.2) is 0 Å². The average Bonchev–Trinajstić information content (AvgIpc) is 2.27. The van der Waals surface area contributed by atoms with Gasteiger partial charge in [-0.3, -0.25) is 4.79 Å². The van der Waals surface area contributed by atoms with Gasteiger partial charge in [-0.2, -0.15) is 0 Å². The number of halogens is 1. The maximum atomic E-state index is 11.8. The van der Waals surface area contributed by atoms with Crippen molar-refractivity contribution < 1.29 is 4.79 Å². The lowest BCUT2D eigenvalue weighted by molar-refractivity contribution is -0.132. The van der Waals surface area contributed by atoms with Crippen LogP contribution >= 0.6 is 12.4 Å². The first-order chi connectivity index (χ1) is 7.56. The number of aryl methyl sites for hydroxylation is 1. The normalized spacial score (nSPS) is 11.5. The van der Waals surface area contributed by atoms with Crippen LogP contribution < -0.4 is 5.73 Å². The van der Waals surface area contributed by atoms with Crippen molar-refractivity contribution in [2.24, 2.45) is 5.73 Å². The second-order valence-corrected chi connectivity index (χ2v) is 4.07. The minimum Gasteiger partial charge on any atom is -0.337 e. The lowest BCUT2D eigenvalue weighted by atomic mass is 10.1. The molecule has 1 rings (SSSR count). The van der Waals surface area contributed by atoms with Crippen LogP contribution in [0.3, 0.4) is 0 Å². The largest absolute Gasteiger partial charge is 0.337 e. The van der Waals surface area contributed by atoms with Gasteiger partial charge in [0.25, 0.3) is 0 Å². The molecule has 96 valence electrons. The van der Waals surface area contributed by atoms with Crippen LogP contribution in [0.5, 0.6) is 0 Å². The molecular formula is C13H21ClN2O. The predicted molar refractivity (Wildman–Crippen MR) is 73.2 cm³/mol. The van der Waals surface area contributed by atoms with E-state index < -0.39 is 6.04 Å². The van der Waals surface area contributed by atoms with Crippen molar-refractivity contribution in [1.29, 1.82) is 0 Å². The van der Waals surface area contributed by atoms with E-state index in [0.717, 1.165) is 0 Å². The number of hydrogen-bond donors (Lipinski definition) is 1. The standard InChI is InChI=1S/C13H20N2O.ClH/c1-4-15(13(16)11(3)14)9-12-8-6-5-7-10(12)2;/h5-8,11H,4,9,14H2,1-3H3;1H. The molecule has 0 aliphatic carbocycles. The van der Waals surface area contributed by atoms with Gasteiger partial charge in [0.2, 0.25) is 5.91 Å². The van der Waals surface area contributed by atoms with Gasteiger partial charge in [0, 0.05) is 13.1 Å². The molecule has 1 amide bonds. The zero-order valence-corrected chi connectivity index (χ0v) is 11.5. The first-order valence-electron chi connectivity index (χ1n) is 5.65. The van der Waals surface area contributed by atoms with Gasteiger partial charge in [-0.15, -0.1) is 12.4 Å². The molecule has 2 N–H and O–H groups in total. The Morgan fingerprint density at radius 1 is 1.41 bits per heavy atom. The highest BCUT2D eigenvalue weighted by Crippen LogP contribution is 2.10. The molecule has 0 aliphatic rings. The first-order valence-corrected chi connectivity index (χ1v) is 5.65. The fourth-order valence-corrected chi connectivity index (χ4v) is 1.63. The number of benzene rings is 1. The second-order valence-electron chi connectivity index (χ2n) is 4.07. The van der Waals surface area contributed by atoms with Gasteiger partial charge in [-0.05, 0) is 31.9 Å². The van der Waals surface area contributed by atoms with Gasteiger partial charge in [0.15, 0.2) is 0 Å². The second kappa shape index (κ2) is 7.30. The molecule has 0 saturated carbocycles. The number of nitrogens with two attached hydrogens (primary N) is 1. The van der Waals surface area contributed by atoms with Crippen LogP contribution in [0.25, 0.3) is 0 Å². The summed E-state index contributed by atoms with van der Waals surface area (Å²) < 4.78 is 0. The molecule has 3 nitrogen and oxygen atoms in total. The van der Waals surface area contributed by atoms with E-state index in [1.165, 1.54) is 11.1 Å². The van der Waals surface area contributed by atoms with E-state index in [4.69, 9.17) is 5.73 Å². The van der Waals surface area contributed by atoms with Crippen LogP contribution in [-0.2, 0) is 11.3 Å². The number of hydrogen-bond acceptors (Lipinski definition) is 2. The molecule has 0 spiro atoms. The van der Waals surface area contributed by atoms with Gasteiger partial charge in [0.05, 0.1) is 6.04 Å². The van der Waals surface area contributed by atoms with Gasteiger partial charge in [0.1, 0.15) is 0 Å². The van der Waals surface area contributed by atoms with Crippen molar-refractivity contribution >= 4 is 18.3 Å². The fraction of sp³-hybridized carbons (Fsp3) is 0.462. The summed E-state index contributed by atoms with van der Waals surface area (Å²) in [6, 6.07) is 7.67. The van der Waals surface area contributed by atoms with Crippen LogP contribution in [-0.4, -0.2) is 23.4 Å². The molecule has 0 radical (unpaired) electrons. The Morgan fingerprint density at radius 3 is 2.47 bits per heavy atom. The summed E-state index contributed by atoms with van der Waals surface area (Å²) in [4.78, 5) is 13.6. The van der Waals surface area contributed by atoms with Crippen molar-refractivity contribution in [3.63, 3.8) is 0 Å². The van der Waals surface area contributed by atoms with E-state index in [1.807, 2.05) is 25.1 Å². The summed E-state index contributed by atoms with van der Waals surface area (Å²) >= 11 is 0. The molecule has 1 aromatic rings. The van der Waals surface area contributed by atoms with Crippen molar-refractivity contribution in [3.8, 4) is 0 Å². The van der Waals surface area contributed by atoms with E-state index >= 15 is 0 Å². The molecule has 0 heterocycles. The number of rotatable bonds is 4. The Kier molecular flexibility index (Phi) is 6.85. The molecule has 17 heavy (non-hydrogen) atoms. The lowest BCUT2D eigenvalue weighted by Crippen LogP contribution is -2.41. The number of nitrogens with zero attached hydrogens (tertiary/aromatic N) is 1. The monoisotopic (exact) mass is 256 g/mol. The Labute approximate surface area is 109 Å². The van der Waals surface area contributed by atoms with E-state index in [1.54, 1.807) is 11.8 Å². The number of carbonyl (C=O) groups excluding carboxylic acids is 1. The lowest BCUT2D eigenvalue weighted by Gasteiger charge is -2.23. The van der Waals surface area contributed by atoms with E-state index in [-0.39, 0.29) is 18.3 Å². The predicted octanol–water partition coefficient (Wildman–Crippen LogP) is 2.11. The van der Waals surface area contributed by atoms with E-state index in [0.29, 0.717) is 13.1 Å². The maximum absolute atomic E-state index is 11.8. The molecule has 0 bridgehead atoms. The Bertz CT molecular complexity index is 366. The minimum atomic E-state index is -0.427. The molecule has 1 atom stereocenters. The minimum absolute atomic E-state index is 0. The van der Waals surface area contributed by atoms with Crippen molar-refractivity contribution in [2.75, 3.05) is 6.54 Å². The van der Waals surface area contributed by atoms with Crippen LogP contribution in [0.2, 0.25) is 0 Å². The Morgan fingerprint density at radius 2 is 2.00 bits per heavy atom. The quantitative estimate of drug-likeness (QED) is 0.897. The molecule has 1 aromatic carbocycles. The van der Waals surface area contributed by atoms with Crippen LogP contribution in [0.4, 0.5) is 0 Å². The van der Waals surface area contributed by atoms with Crippen LogP contribution in [0.1, 0.15) is 25.0 Å². The number of likely N-dealkylation sites (N-methyl/N-ethyl adjacent to an activating group) is 1. The van der Waals surface area contributed by atoms with Gasteiger partial charge >= 0.3 is 0 Å². The van der Waals surface area contributed by atoms with Crippen LogP contribution in [0, 0.1) is 6.92 Å². The summed E-state index contributed by atoms with van der Waals surface area (Å²) in [5.41, 5.74) is 8.00. The third kappa shape index (κ3) is 4.36. The summed E-state index contributed by atoms with van der Waals surface area (Å²) in [5, 5.41) is 0. The van der Waals surface area contributed by atoms with E-state index in [9.17, 15) is 4.79 Å². The SMILES string of the molecule is CCN(Cc1ccccc1C)C(=O)C(C)N.Cl. The zero-order valence-electron chi connectivity index (χ0n) is 10.6. The van der Waals surface area contributed by atoms with Crippen molar-refractivity contribution in [2.45, 2.75) is 33.4 Å². The highest BCUT2D eigenvalue weighted by molar-refractivity contribution is 5.85. The molecule has 1 unspecified atom stereocenters. The number of carbonyl (C=O) groups is 1. The van der Waals surface area contributed by atoms with Crippen molar-refractivity contribution in [1.82, 2.24) is 4.90 Å². The van der Waals surface area contributed by atoms with Gasteiger partial charge < -0.3 is 10.6 Å². The molecule has 0 aliphatic heterocycles. The summed E-state index contributed by atoms with van der Waals surface area (Å²) in [7, 11) is 0. The highest BCUT2D eigenvalue weighted by atomic mass is 35.5. The molecule has 0 saturated heterocycles. The topological polar surface area (TPSA) is 46.3 Å². The van der Waals surface area contributed by atoms with Crippen molar-refractivity contribution in [3.05, 3.63) is 35.4 Å². The molecule has 4 heteroatoms. The molecule has 0 aromatic heterocycles. The Balaban J connectivity index is 0.00000256. The molecular weight excluding hydrogens is 236 g/mol.